The maximum atomic E-state index is 12.8. The molecule has 0 radical (unpaired) electrons. The average molecular weight is 313 g/mol. The van der Waals surface area contributed by atoms with Crippen molar-refractivity contribution in [3.63, 3.8) is 0 Å². The minimum Gasteiger partial charge on any atom is -0.393 e. The summed E-state index contributed by atoms with van der Waals surface area (Å²) < 4.78 is 1.82. The van der Waals surface area contributed by atoms with Gasteiger partial charge < -0.3 is 10.0 Å². The largest absolute Gasteiger partial charge is 0.393 e. The Labute approximate surface area is 136 Å². The number of aliphatic hydroxyl groups excluding tert-OH is 1. The molecule has 5 heteroatoms. The van der Waals surface area contributed by atoms with E-state index < -0.39 is 0 Å². The Morgan fingerprint density at radius 1 is 1.35 bits per heavy atom. The number of nitrogens with zero attached hydrogens (tertiary/aromatic N) is 3. The quantitative estimate of drug-likeness (QED) is 0.946. The van der Waals surface area contributed by atoms with Gasteiger partial charge in [0.05, 0.1) is 29.2 Å². The minimum atomic E-state index is -0.372. The zero-order valence-corrected chi connectivity index (χ0v) is 13.9. The van der Waals surface area contributed by atoms with Crippen LogP contribution in [0.3, 0.4) is 0 Å². The van der Waals surface area contributed by atoms with E-state index >= 15 is 0 Å². The zero-order valence-electron chi connectivity index (χ0n) is 13.9. The molecule has 0 spiro atoms. The Hall–Kier alpha value is -2.14. The summed E-state index contributed by atoms with van der Waals surface area (Å²) in [6.45, 7) is 7.06. The Bertz CT molecular complexity index is 721. The number of amides is 1. The normalized spacial score (nSPS) is 19.1. The van der Waals surface area contributed by atoms with E-state index in [-0.39, 0.29) is 17.9 Å². The molecule has 122 valence electrons. The molecular formula is C18H23N3O2. The number of aliphatic hydroxyl groups is 1. The summed E-state index contributed by atoms with van der Waals surface area (Å²) in [5, 5.41) is 14.1. The van der Waals surface area contributed by atoms with Gasteiger partial charge in [0.2, 0.25) is 0 Å². The van der Waals surface area contributed by atoms with Crippen molar-refractivity contribution in [1.29, 1.82) is 0 Å². The highest BCUT2D eigenvalue weighted by Crippen LogP contribution is 2.24. The predicted octanol–water partition coefficient (Wildman–Crippen LogP) is 2.33. The second-order valence-corrected chi connectivity index (χ2v) is 6.38. The van der Waals surface area contributed by atoms with Crippen molar-refractivity contribution in [3.8, 4) is 5.69 Å². The highest BCUT2D eigenvalue weighted by molar-refractivity contribution is 5.95. The van der Waals surface area contributed by atoms with E-state index in [1.165, 1.54) is 0 Å². The number of carbonyl (C=O) groups excluding carboxylic acids is 1. The topological polar surface area (TPSA) is 58.4 Å². The van der Waals surface area contributed by atoms with Crippen molar-refractivity contribution in [2.45, 2.75) is 33.3 Å². The first-order valence-electron chi connectivity index (χ1n) is 8.07. The number of para-hydroxylation sites is 1. The van der Waals surface area contributed by atoms with Crippen LogP contribution in [0.25, 0.3) is 5.69 Å². The van der Waals surface area contributed by atoms with E-state index in [0.29, 0.717) is 18.7 Å². The Kier molecular flexibility index (Phi) is 4.22. The van der Waals surface area contributed by atoms with Crippen molar-refractivity contribution in [3.05, 3.63) is 47.3 Å². The molecule has 1 aliphatic rings. The van der Waals surface area contributed by atoms with Gasteiger partial charge >= 0.3 is 0 Å². The van der Waals surface area contributed by atoms with Gasteiger partial charge in [-0.05, 0) is 38.8 Å². The highest BCUT2D eigenvalue weighted by atomic mass is 16.3. The lowest BCUT2D eigenvalue weighted by atomic mass is 10.0. The van der Waals surface area contributed by atoms with Crippen molar-refractivity contribution in [2.24, 2.45) is 5.92 Å². The van der Waals surface area contributed by atoms with Gasteiger partial charge in [0, 0.05) is 19.0 Å². The molecule has 1 amide bonds. The van der Waals surface area contributed by atoms with Gasteiger partial charge in [-0.3, -0.25) is 4.79 Å². The number of aryl methyl sites for hydroxylation is 1. The van der Waals surface area contributed by atoms with Crippen LogP contribution in [0.2, 0.25) is 0 Å². The number of rotatable bonds is 3. The average Bonchev–Trinajstić information content (AvgIpc) is 3.14. The Morgan fingerprint density at radius 3 is 2.74 bits per heavy atom. The molecule has 23 heavy (non-hydrogen) atoms. The summed E-state index contributed by atoms with van der Waals surface area (Å²) in [7, 11) is 0. The standard InChI is InChI=1S/C18H23N3O2/c1-12-6-4-5-7-17(12)21-13(2)16(10-19-21)18(23)20-9-8-15(11-20)14(3)22/h4-7,10,14-15,22H,8-9,11H2,1-3H3. The summed E-state index contributed by atoms with van der Waals surface area (Å²) in [6.07, 6.45) is 2.14. The second-order valence-electron chi connectivity index (χ2n) is 6.38. The second kappa shape index (κ2) is 6.16. The number of carbonyl (C=O) groups is 1. The molecule has 0 saturated carbocycles. The first-order valence-corrected chi connectivity index (χ1v) is 8.07. The third-order valence-corrected chi connectivity index (χ3v) is 4.78. The first-order chi connectivity index (χ1) is 11.0. The maximum absolute atomic E-state index is 12.8. The van der Waals surface area contributed by atoms with Gasteiger partial charge in [0.25, 0.3) is 5.91 Å². The fourth-order valence-electron chi connectivity index (χ4n) is 3.20. The van der Waals surface area contributed by atoms with Crippen molar-refractivity contribution in [1.82, 2.24) is 14.7 Å². The molecule has 1 aromatic heterocycles. The monoisotopic (exact) mass is 313 g/mol. The van der Waals surface area contributed by atoms with Gasteiger partial charge in [-0.1, -0.05) is 18.2 Å². The van der Waals surface area contributed by atoms with E-state index in [4.69, 9.17) is 0 Å². The number of likely N-dealkylation sites (tertiary alicyclic amines) is 1. The van der Waals surface area contributed by atoms with Crippen LogP contribution < -0.4 is 0 Å². The maximum Gasteiger partial charge on any atom is 0.257 e. The van der Waals surface area contributed by atoms with Crippen LogP contribution in [0.4, 0.5) is 0 Å². The molecule has 2 unspecified atom stereocenters. The molecule has 1 N–H and O–H groups in total. The Balaban J connectivity index is 1.85. The fourth-order valence-corrected chi connectivity index (χ4v) is 3.20. The minimum absolute atomic E-state index is 0.00508. The van der Waals surface area contributed by atoms with Crippen molar-refractivity contribution < 1.29 is 9.90 Å². The lowest BCUT2D eigenvalue weighted by Crippen LogP contribution is -2.30. The molecule has 1 fully saturated rings. The van der Waals surface area contributed by atoms with Crippen LogP contribution in [0.1, 0.15) is 35.0 Å². The summed E-state index contributed by atoms with van der Waals surface area (Å²) in [5.74, 6) is 0.177. The van der Waals surface area contributed by atoms with Crippen LogP contribution in [-0.4, -0.2) is 44.9 Å². The van der Waals surface area contributed by atoms with Crippen LogP contribution in [0, 0.1) is 19.8 Å². The van der Waals surface area contributed by atoms with E-state index in [9.17, 15) is 9.90 Å². The molecule has 0 bridgehead atoms. The molecule has 2 heterocycles. The molecule has 1 saturated heterocycles. The van der Waals surface area contributed by atoms with E-state index in [1.807, 2.05) is 47.7 Å². The highest BCUT2D eigenvalue weighted by Gasteiger charge is 2.31. The van der Waals surface area contributed by atoms with Gasteiger partial charge in [-0.25, -0.2) is 4.68 Å². The third-order valence-electron chi connectivity index (χ3n) is 4.78. The van der Waals surface area contributed by atoms with Gasteiger partial charge in [0.1, 0.15) is 0 Å². The van der Waals surface area contributed by atoms with E-state index in [1.54, 1.807) is 13.1 Å². The number of hydrogen-bond acceptors (Lipinski definition) is 3. The molecule has 1 aliphatic heterocycles. The first kappa shape index (κ1) is 15.7. The third kappa shape index (κ3) is 2.88. The molecule has 1 aromatic carbocycles. The van der Waals surface area contributed by atoms with Crippen LogP contribution >= 0.6 is 0 Å². The fraction of sp³-hybridized carbons (Fsp3) is 0.444. The molecule has 5 nitrogen and oxygen atoms in total. The zero-order chi connectivity index (χ0) is 16.6. The van der Waals surface area contributed by atoms with Gasteiger partial charge in [-0.15, -0.1) is 0 Å². The number of hydrogen-bond donors (Lipinski definition) is 1. The predicted molar refractivity (Wildman–Crippen MR) is 88.7 cm³/mol. The lowest BCUT2D eigenvalue weighted by molar-refractivity contribution is 0.0761. The lowest BCUT2D eigenvalue weighted by Gasteiger charge is -2.17. The molecular weight excluding hydrogens is 290 g/mol. The van der Waals surface area contributed by atoms with E-state index in [0.717, 1.165) is 23.4 Å². The molecule has 2 aromatic rings. The SMILES string of the molecule is Cc1ccccc1-n1ncc(C(=O)N2CCC(C(C)O)C2)c1C. The van der Waals surface area contributed by atoms with Crippen LogP contribution in [-0.2, 0) is 0 Å². The van der Waals surface area contributed by atoms with Crippen LogP contribution in [0.15, 0.2) is 30.5 Å². The summed E-state index contributed by atoms with van der Waals surface area (Å²) >= 11 is 0. The molecule has 2 atom stereocenters. The Morgan fingerprint density at radius 2 is 2.09 bits per heavy atom. The van der Waals surface area contributed by atoms with E-state index in [2.05, 4.69) is 5.10 Å². The summed E-state index contributed by atoms with van der Waals surface area (Å²) in [4.78, 5) is 14.6. The summed E-state index contributed by atoms with van der Waals surface area (Å²) in [6, 6.07) is 8.00. The molecule has 0 aliphatic carbocycles. The summed E-state index contributed by atoms with van der Waals surface area (Å²) in [5.41, 5.74) is 3.60. The van der Waals surface area contributed by atoms with Crippen molar-refractivity contribution >= 4 is 5.91 Å². The number of aromatic nitrogens is 2. The number of benzene rings is 1. The van der Waals surface area contributed by atoms with Gasteiger partial charge in [0.15, 0.2) is 0 Å². The smallest absolute Gasteiger partial charge is 0.257 e. The van der Waals surface area contributed by atoms with Crippen molar-refractivity contribution in [2.75, 3.05) is 13.1 Å². The van der Waals surface area contributed by atoms with Gasteiger partial charge in [-0.2, -0.15) is 5.10 Å². The molecule has 3 rings (SSSR count). The van der Waals surface area contributed by atoms with Crippen LogP contribution in [0.5, 0.6) is 0 Å².